The van der Waals surface area contributed by atoms with Crippen LogP contribution in [0.1, 0.15) is 0 Å². The van der Waals surface area contributed by atoms with Gasteiger partial charge in [-0.25, -0.2) is 0 Å². The summed E-state index contributed by atoms with van der Waals surface area (Å²) in [5.41, 5.74) is 0. The molecule has 4 saturated heterocycles. The standard InChI is InChI=1S/C24H42O21/c25-1-5-10(30)14(34)18(21(38)39-5)43-23-20(16(36)12(32)7(3-27)41-23)45-24-19(15(35)11(31)8(4-28)42-24)44-22-17(37)13(33)9(29)6(2-26)40-22/h5-38H,1-4H2/t5?,6?,7?,8?,9-,10-,11-,12-,13+,14+,15+,16+,17?,18?,19?,20?,21-,22+,23+,24+/m1/s1. The minimum Gasteiger partial charge on any atom is -0.394 e. The van der Waals surface area contributed by atoms with Crippen molar-refractivity contribution in [1.29, 1.82) is 0 Å². The third-order valence-corrected chi connectivity index (χ3v) is 8.21. The molecule has 14 N–H and O–H groups in total. The lowest BCUT2D eigenvalue weighted by atomic mass is 9.96. The summed E-state index contributed by atoms with van der Waals surface area (Å²) in [6.07, 6.45) is -36.6. The molecule has 21 nitrogen and oxygen atoms in total. The summed E-state index contributed by atoms with van der Waals surface area (Å²) in [6.45, 7) is -3.41. The highest BCUT2D eigenvalue weighted by Crippen LogP contribution is 2.34. The van der Waals surface area contributed by atoms with Gasteiger partial charge in [-0.15, -0.1) is 0 Å². The van der Waals surface area contributed by atoms with E-state index in [1.54, 1.807) is 0 Å². The first-order chi connectivity index (χ1) is 21.3. The molecule has 0 radical (unpaired) electrons. The fourth-order valence-electron chi connectivity index (χ4n) is 5.48. The zero-order valence-corrected chi connectivity index (χ0v) is 23.5. The molecule has 0 aromatic carbocycles. The molecule has 0 aromatic rings. The molecule has 4 fully saturated rings. The Morgan fingerprint density at radius 1 is 0.333 bits per heavy atom. The lowest BCUT2D eigenvalue weighted by molar-refractivity contribution is -0.405. The Balaban J connectivity index is 1.61. The van der Waals surface area contributed by atoms with E-state index in [1.807, 2.05) is 0 Å². The first-order valence-corrected chi connectivity index (χ1v) is 14.1. The van der Waals surface area contributed by atoms with Gasteiger partial charge >= 0.3 is 0 Å². The van der Waals surface area contributed by atoms with E-state index in [-0.39, 0.29) is 0 Å². The van der Waals surface area contributed by atoms with Crippen molar-refractivity contribution in [2.75, 3.05) is 26.4 Å². The van der Waals surface area contributed by atoms with E-state index in [1.165, 1.54) is 0 Å². The predicted molar refractivity (Wildman–Crippen MR) is 134 cm³/mol. The lowest BCUT2D eigenvalue weighted by Gasteiger charge is -2.49. The Bertz CT molecular complexity index is 916. The molecule has 4 rings (SSSR count). The zero-order chi connectivity index (χ0) is 33.3. The molecular formula is C24H42O21. The average Bonchev–Trinajstić information content (AvgIpc) is 3.03. The van der Waals surface area contributed by atoms with Crippen LogP contribution in [-0.4, -0.2) is 221 Å². The van der Waals surface area contributed by atoms with Crippen LogP contribution in [0.3, 0.4) is 0 Å². The molecule has 0 aliphatic carbocycles. The Labute approximate surface area is 254 Å². The fraction of sp³-hybridized carbons (Fsp3) is 1.00. The van der Waals surface area contributed by atoms with E-state index in [9.17, 15) is 71.5 Å². The second-order valence-electron chi connectivity index (χ2n) is 11.1. The smallest absolute Gasteiger partial charge is 0.187 e. The minimum absolute atomic E-state index is 0.791. The molecule has 264 valence electrons. The highest BCUT2D eigenvalue weighted by atomic mass is 16.8. The van der Waals surface area contributed by atoms with Crippen molar-refractivity contribution in [2.45, 2.75) is 123 Å². The summed E-state index contributed by atoms with van der Waals surface area (Å²) < 4.78 is 38.3. The van der Waals surface area contributed by atoms with Gasteiger partial charge in [-0.2, -0.15) is 0 Å². The molecule has 21 heteroatoms. The van der Waals surface area contributed by atoms with Crippen LogP contribution in [0.2, 0.25) is 0 Å². The van der Waals surface area contributed by atoms with E-state index in [4.69, 9.17) is 33.2 Å². The fourth-order valence-corrected chi connectivity index (χ4v) is 5.48. The first kappa shape index (κ1) is 37.0. The Morgan fingerprint density at radius 2 is 0.644 bits per heavy atom. The van der Waals surface area contributed by atoms with Crippen LogP contribution >= 0.6 is 0 Å². The van der Waals surface area contributed by atoms with Gasteiger partial charge in [-0.1, -0.05) is 0 Å². The number of ether oxygens (including phenoxy) is 7. The van der Waals surface area contributed by atoms with Crippen LogP contribution in [0.15, 0.2) is 0 Å². The second-order valence-corrected chi connectivity index (χ2v) is 11.1. The van der Waals surface area contributed by atoms with E-state index < -0.39 is 149 Å². The van der Waals surface area contributed by atoms with Gasteiger partial charge in [-0.3, -0.25) is 0 Å². The summed E-state index contributed by atoms with van der Waals surface area (Å²) in [6, 6.07) is 0. The largest absolute Gasteiger partial charge is 0.394 e. The summed E-state index contributed by atoms with van der Waals surface area (Å²) in [5, 5.41) is 143. The quantitative estimate of drug-likeness (QED) is 0.103. The summed E-state index contributed by atoms with van der Waals surface area (Å²) in [5.74, 6) is 0. The van der Waals surface area contributed by atoms with Gasteiger partial charge in [0.2, 0.25) is 0 Å². The maximum Gasteiger partial charge on any atom is 0.187 e. The Kier molecular flexibility index (Phi) is 12.8. The van der Waals surface area contributed by atoms with Gasteiger partial charge in [-0.05, 0) is 0 Å². The van der Waals surface area contributed by atoms with Gasteiger partial charge in [0.15, 0.2) is 25.2 Å². The topological polar surface area (TPSA) is 348 Å². The second kappa shape index (κ2) is 15.6. The van der Waals surface area contributed by atoms with Crippen molar-refractivity contribution >= 4 is 0 Å². The van der Waals surface area contributed by atoms with Gasteiger partial charge < -0.3 is 105 Å². The average molecular weight is 667 g/mol. The van der Waals surface area contributed by atoms with Gasteiger partial charge in [0.25, 0.3) is 0 Å². The third kappa shape index (κ3) is 7.44. The SMILES string of the molecule is OCC1O[C@@H](OC2[C@H](OC3[C@H](OC4[C@H](O)OC(CO)[C@@H](O)[C@@H]4O)OC(CO)[C@@H](O)[C@@H]3O)OC(CO)[C@@H](O)[C@@H]2O)C(O)[C@@H](O)[C@@H]1O. The molecule has 4 heterocycles. The number of hydrogen-bond acceptors (Lipinski definition) is 21. The van der Waals surface area contributed by atoms with Crippen LogP contribution < -0.4 is 0 Å². The van der Waals surface area contributed by atoms with Crippen molar-refractivity contribution < 1.29 is 105 Å². The summed E-state index contributed by atoms with van der Waals surface area (Å²) in [4.78, 5) is 0. The van der Waals surface area contributed by atoms with Crippen LogP contribution in [-0.2, 0) is 33.2 Å². The Morgan fingerprint density at radius 3 is 1.07 bits per heavy atom. The highest BCUT2D eigenvalue weighted by Gasteiger charge is 2.55. The van der Waals surface area contributed by atoms with E-state index >= 15 is 0 Å². The lowest BCUT2D eigenvalue weighted by Crippen LogP contribution is -2.68. The van der Waals surface area contributed by atoms with Crippen molar-refractivity contribution in [3.63, 3.8) is 0 Å². The molecule has 45 heavy (non-hydrogen) atoms. The van der Waals surface area contributed by atoms with Crippen LogP contribution in [0, 0.1) is 0 Å². The van der Waals surface area contributed by atoms with Crippen LogP contribution in [0.4, 0.5) is 0 Å². The molecular weight excluding hydrogens is 624 g/mol. The highest BCUT2D eigenvalue weighted by molar-refractivity contribution is 4.97. The van der Waals surface area contributed by atoms with Gasteiger partial charge in [0.05, 0.1) is 26.4 Å². The normalized spacial score (nSPS) is 52.9. The Hall–Kier alpha value is -0.840. The van der Waals surface area contributed by atoms with Gasteiger partial charge in [0, 0.05) is 0 Å². The molecule has 4 aliphatic rings. The molecule has 0 bridgehead atoms. The zero-order valence-electron chi connectivity index (χ0n) is 23.5. The summed E-state index contributed by atoms with van der Waals surface area (Å²) >= 11 is 0. The number of rotatable bonds is 10. The molecule has 0 amide bonds. The monoisotopic (exact) mass is 666 g/mol. The molecule has 0 saturated carbocycles. The van der Waals surface area contributed by atoms with Crippen molar-refractivity contribution in [3.05, 3.63) is 0 Å². The predicted octanol–water partition coefficient (Wildman–Crippen LogP) is -9.75. The number of aliphatic hydroxyl groups is 14. The molecule has 8 unspecified atom stereocenters. The van der Waals surface area contributed by atoms with E-state index in [2.05, 4.69) is 0 Å². The maximum absolute atomic E-state index is 11.0. The molecule has 0 spiro atoms. The molecule has 4 aliphatic heterocycles. The van der Waals surface area contributed by atoms with Crippen molar-refractivity contribution in [2.24, 2.45) is 0 Å². The summed E-state index contributed by atoms with van der Waals surface area (Å²) in [7, 11) is 0. The molecule has 0 aromatic heterocycles. The van der Waals surface area contributed by atoms with Crippen LogP contribution in [0.5, 0.6) is 0 Å². The van der Waals surface area contributed by atoms with Gasteiger partial charge in [0.1, 0.15) is 97.7 Å². The van der Waals surface area contributed by atoms with E-state index in [0.717, 1.165) is 0 Å². The number of hydrogen-bond donors (Lipinski definition) is 14. The number of aliphatic hydroxyl groups excluding tert-OH is 14. The van der Waals surface area contributed by atoms with Crippen molar-refractivity contribution in [3.8, 4) is 0 Å². The maximum atomic E-state index is 11.0. The molecule has 20 atom stereocenters. The van der Waals surface area contributed by atoms with Crippen molar-refractivity contribution in [1.82, 2.24) is 0 Å². The van der Waals surface area contributed by atoms with Crippen LogP contribution in [0.25, 0.3) is 0 Å². The minimum atomic E-state index is -2.03. The van der Waals surface area contributed by atoms with E-state index in [0.29, 0.717) is 0 Å². The first-order valence-electron chi connectivity index (χ1n) is 14.1. The third-order valence-electron chi connectivity index (χ3n) is 8.21.